The van der Waals surface area contributed by atoms with Gasteiger partial charge in [0.2, 0.25) is 5.88 Å². The van der Waals surface area contributed by atoms with E-state index in [1.54, 1.807) is 6.92 Å². The summed E-state index contributed by atoms with van der Waals surface area (Å²) in [5.74, 6) is -0.529. The van der Waals surface area contributed by atoms with Crippen molar-refractivity contribution in [1.82, 2.24) is 4.57 Å². The molecule has 1 saturated carbocycles. The summed E-state index contributed by atoms with van der Waals surface area (Å²) in [6.07, 6.45) is 5.01. The molecule has 5 nitrogen and oxygen atoms in total. The van der Waals surface area contributed by atoms with Gasteiger partial charge in [0.1, 0.15) is 17.4 Å². The van der Waals surface area contributed by atoms with Crippen LogP contribution in [0.2, 0.25) is 0 Å². The van der Waals surface area contributed by atoms with Crippen molar-refractivity contribution in [2.24, 2.45) is 4.99 Å². The molecule has 0 unspecified atom stereocenters. The van der Waals surface area contributed by atoms with Crippen LogP contribution in [-0.4, -0.2) is 15.9 Å². The summed E-state index contributed by atoms with van der Waals surface area (Å²) in [6.45, 7) is 1.62. The zero-order valence-corrected chi connectivity index (χ0v) is 13.9. The van der Waals surface area contributed by atoms with E-state index in [4.69, 9.17) is 0 Å². The molecular weight excluding hydrogens is 321 g/mol. The molecule has 128 valence electrons. The fourth-order valence-electron chi connectivity index (χ4n) is 3.26. The highest BCUT2D eigenvalue weighted by Crippen LogP contribution is 2.33. The Balaban J connectivity index is 2.12. The summed E-state index contributed by atoms with van der Waals surface area (Å²) in [6, 6.07) is 7.45. The summed E-state index contributed by atoms with van der Waals surface area (Å²) in [5.41, 5.74) is 0.809. The molecule has 0 atom stereocenters. The predicted molar refractivity (Wildman–Crippen MR) is 93.0 cm³/mol. The van der Waals surface area contributed by atoms with E-state index < -0.39 is 5.56 Å². The molecule has 1 aromatic heterocycles. The Labute approximate surface area is 144 Å². The Kier molecular flexibility index (Phi) is 4.66. The van der Waals surface area contributed by atoms with Gasteiger partial charge in [0.05, 0.1) is 11.3 Å². The fraction of sp³-hybridized carbons (Fsp3) is 0.316. The van der Waals surface area contributed by atoms with Crippen LogP contribution >= 0.6 is 0 Å². The van der Waals surface area contributed by atoms with E-state index in [1.165, 1.54) is 35.0 Å². The number of benzene rings is 1. The van der Waals surface area contributed by atoms with Crippen LogP contribution in [0.25, 0.3) is 0 Å². The minimum atomic E-state index is -0.455. The summed E-state index contributed by atoms with van der Waals surface area (Å²) in [5, 5.41) is 20.0. The van der Waals surface area contributed by atoms with E-state index in [0.717, 1.165) is 25.7 Å². The van der Waals surface area contributed by atoms with Crippen LogP contribution in [-0.2, 0) is 0 Å². The first-order chi connectivity index (χ1) is 12.0. The highest BCUT2D eigenvalue weighted by Gasteiger charge is 2.25. The smallest absolute Gasteiger partial charge is 0.271 e. The topological polar surface area (TPSA) is 78.4 Å². The van der Waals surface area contributed by atoms with E-state index in [1.807, 2.05) is 6.07 Å². The average Bonchev–Trinajstić information content (AvgIpc) is 3.11. The Morgan fingerprint density at radius 3 is 2.56 bits per heavy atom. The normalized spacial score (nSPS) is 14.9. The Morgan fingerprint density at radius 2 is 1.96 bits per heavy atom. The third-order valence-corrected chi connectivity index (χ3v) is 4.65. The number of nitrogens with zero attached hydrogens (tertiary/aromatic N) is 3. The number of aromatic nitrogens is 1. The number of nitriles is 1. The number of pyridine rings is 1. The molecule has 1 N–H and O–H groups in total. The highest BCUT2D eigenvalue weighted by molar-refractivity contribution is 5.87. The average molecular weight is 339 g/mol. The van der Waals surface area contributed by atoms with Gasteiger partial charge in [-0.25, -0.2) is 4.39 Å². The first kappa shape index (κ1) is 16.9. The lowest BCUT2D eigenvalue weighted by Gasteiger charge is -2.19. The molecule has 0 bridgehead atoms. The molecule has 25 heavy (non-hydrogen) atoms. The van der Waals surface area contributed by atoms with Crippen molar-refractivity contribution in [3.05, 3.63) is 57.1 Å². The fourth-order valence-corrected chi connectivity index (χ4v) is 3.26. The molecule has 1 aliphatic carbocycles. The van der Waals surface area contributed by atoms with Gasteiger partial charge in [-0.1, -0.05) is 12.8 Å². The van der Waals surface area contributed by atoms with Gasteiger partial charge in [-0.3, -0.25) is 14.4 Å². The van der Waals surface area contributed by atoms with Gasteiger partial charge in [0, 0.05) is 12.3 Å². The van der Waals surface area contributed by atoms with Crippen molar-refractivity contribution in [2.75, 3.05) is 0 Å². The molecule has 0 saturated heterocycles. The summed E-state index contributed by atoms with van der Waals surface area (Å²) in [4.78, 5) is 16.8. The van der Waals surface area contributed by atoms with Gasteiger partial charge in [0.15, 0.2) is 0 Å². The van der Waals surface area contributed by atoms with Gasteiger partial charge >= 0.3 is 0 Å². The van der Waals surface area contributed by atoms with Gasteiger partial charge < -0.3 is 5.11 Å². The maximum atomic E-state index is 13.0. The van der Waals surface area contributed by atoms with Crippen LogP contribution < -0.4 is 5.56 Å². The number of hydrogen-bond donors (Lipinski definition) is 1. The zero-order chi connectivity index (χ0) is 18.0. The van der Waals surface area contributed by atoms with Crippen LogP contribution in [0.3, 0.4) is 0 Å². The van der Waals surface area contributed by atoms with E-state index >= 15 is 0 Å². The van der Waals surface area contributed by atoms with Crippen molar-refractivity contribution < 1.29 is 9.50 Å². The number of aliphatic imine (C=N–C) groups is 1. The predicted octanol–water partition coefficient (Wildman–Crippen LogP) is 3.74. The molecule has 0 radical (unpaired) electrons. The molecule has 1 aliphatic rings. The van der Waals surface area contributed by atoms with Gasteiger partial charge in [-0.2, -0.15) is 5.26 Å². The quantitative estimate of drug-likeness (QED) is 0.865. The van der Waals surface area contributed by atoms with Crippen LogP contribution in [0.1, 0.15) is 48.4 Å². The molecule has 3 rings (SSSR count). The number of aromatic hydroxyl groups is 1. The maximum absolute atomic E-state index is 13.0. The molecule has 1 heterocycles. The number of halogens is 1. The first-order valence-electron chi connectivity index (χ1n) is 8.20. The second-order valence-corrected chi connectivity index (χ2v) is 6.20. The minimum Gasteiger partial charge on any atom is -0.494 e. The molecule has 1 aromatic carbocycles. The van der Waals surface area contributed by atoms with Crippen LogP contribution in [0, 0.1) is 24.1 Å². The van der Waals surface area contributed by atoms with Crippen molar-refractivity contribution >= 4 is 11.9 Å². The molecule has 6 heteroatoms. The maximum Gasteiger partial charge on any atom is 0.271 e. The Hall–Kier alpha value is -2.94. The Bertz CT molecular complexity index is 918. The minimum absolute atomic E-state index is 0.0188. The van der Waals surface area contributed by atoms with E-state index in [0.29, 0.717) is 16.8 Å². The second-order valence-electron chi connectivity index (χ2n) is 6.20. The van der Waals surface area contributed by atoms with E-state index in [9.17, 15) is 19.6 Å². The van der Waals surface area contributed by atoms with Crippen molar-refractivity contribution in [3.8, 4) is 11.9 Å². The van der Waals surface area contributed by atoms with E-state index in [2.05, 4.69) is 4.99 Å². The third kappa shape index (κ3) is 3.18. The van der Waals surface area contributed by atoms with Crippen LogP contribution in [0.4, 0.5) is 10.1 Å². The third-order valence-electron chi connectivity index (χ3n) is 4.65. The second kappa shape index (κ2) is 6.89. The van der Waals surface area contributed by atoms with E-state index in [-0.39, 0.29) is 23.3 Å². The van der Waals surface area contributed by atoms with Crippen molar-refractivity contribution in [3.63, 3.8) is 0 Å². The summed E-state index contributed by atoms with van der Waals surface area (Å²) < 4.78 is 14.3. The summed E-state index contributed by atoms with van der Waals surface area (Å²) >= 11 is 0. The largest absolute Gasteiger partial charge is 0.494 e. The molecule has 0 aliphatic heterocycles. The lowest BCUT2D eigenvalue weighted by molar-refractivity contribution is 0.368. The highest BCUT2D eigenvalue weighted by atomic mass is 19.1. The Morgan fingerprint density at radius 1 is 1.32 bits per heavy atom. The molecule has 2 aromatic rings. The SMILES string of the molecule is Cc1c(C=Nc2ccc(F)cc2)c(O)n(C2CCCC2)c(=O)c1C#N. The molecule has 1 fully saturated rings. The monoisotopic (exact) mass is 339 g/mol. The number of rotatable bonds is 3. The summed E-state index contributed by atoms with van der Waals surface area (Å²) in [7, 11) is 0. The van der Waals surface area contributed by atoms with Gasteiger partial charge in [0.25, 0.3) is 5.56 Å². The standard InChI is InChI=1S/C19H18FN3O2/c1-12-16(10-21)18(24)23(15-4-2-3-5-15)19(25)17(12)11-22-14-8-6-13(20)7-9-14/h6-9,11,15,25H,2-5H2,1H3. The molecule has 0 amide bonds. The van der Waals surface area contributed by atoms with Crippen LogP contribution in [0.5, 0.6) is 5.88 Å². The van der Waals surface area contributed by atoms with Crippen molar-refractivity contribution in [2.45, 2.75) is 38.6 Å². The lowest BCUT2D eigenvalue weighted by Crippen LogP contribution is -2.28. The van der Waals surface area contributed by atoms with Gasteiger partial charge in [-0.05, 0) is 49.6 Å². The lowest BCUT2D eigenvalue weighted by atomic mass is 10.0. The number of hydrogen-bond acceptors (Lipinski definition) is 4. The zero-order valence-electron chi connectivity index (χ0n) is 13.9. The van der Waals surface area contributed by atoms with Crippen molar-refractivity contribution in [1.29, 1.82) is 5.26 Å². The van der Waals surface area contributed by atoms with Gasteiger partial charge in [-0.15, -0.1) is 0 Å². The van der Waals surface area contributed by atoms with Crippen LogP contribution in [0.15, 0.2) is 34.1 Å². The first-order valence-corrected chi connectivity index (χ1v) is 8.20. The molecule has 0 spiro atoms. The molecular formula is C19H18FN3O2.